The smallest absolute Gasteiger partial charge is 0.254 e. The first-order valence-electron chi connectivity index (χ1n) is 8.50. The van der Waals surface area contributed by atoms with E-state index in [0.717, 1.165) is 5.52 Å². The van der Waals surface area contributed by atoms with E-state index in [1.54, 1.807) is 36.7 Å². The molecule has 132 valence electrons. The van der Waals surface area contributed by atoms with Gasteiger partial charge in [0, 0.05) is 44.1 Å². The second-order valence-corrected chi connectivity index (χ2v) is 6.23. The van der Waals surface area contributed by atoms with Gasteiger partial charge in [-0.25, -0.2) is 0 Å². The van der Waals surface area contributed by atoms with Crippen molar-refractivity contribution >= 4 is 22.7 Å². The second kappa shape index (κ2) is 7.05. The molecule has 0 aliphatic carbocycles. The SMILES string of the molecule is O=C(CN1CCN(C(=O)c2ccc3nccnc3c2)CC1)c1ccco1. The van der Waals surface area contributed by atoms with Crippen LogP contribution in [0.2, 0.25) is 0 Å². The zero-order chi connectivity index (χ0) is 17.9. The molecule has 0 spiro atoms. The van der Waals surface area contributed by atoms with Crippen molar-refractivity contribution in [2.24, 2.45) is 0 Å². The fourth-order valence-electron chi connectivity index (χ4n) is 3.11. The Kier molecular flexibility index (Phi) is 4.45. The molecule has 0 atom stereocenters. The summed E-state index contributed by atoms with van der Waals surface area (Å²) in [6.45, 7) is 2.80. The zero-order valence-electron chi connectivity index (χ0n) is 14.2. The summed E-state index contributed by atoms with van der Waals surface area (Å²) < 4.78 is 5.14. The lowest BCUT2D eigenvalue weighted by molar-refractivity contribution is 0.0620. The molecule has 0 unspecified atom stereocenters. The average Bonchev–Trinajstić information content (AvgIpc) is 3.23. The van der Waals surface area contributed by atoms with Gasteiger partial charge in [-0.3, -0.25) is 24.5 Å². The van der Waals surface area contributed by atoms with Crippen molar-refractivity contribution in [1.82, 2.24) is 19.8 Å². The summed E-state index contributed by atoms with van der Waals surface area (Å²) >= 11 is 0. The Morgan fingerprint density at radius 3 is 2.50 bits per heavy atom. The fourth-order valence-corrected chi connectivity index (χ4v) is 3.11. The van der Waals surface area contributed by atoms with Crippen LogP contribution < -0.4 is 0 Å². The van der Waals surface area contributed by atoms with Gasteiger partial charge in [0.05, 0.1) is 23.8 Å². The third-order valence-electron chi connectivity index (χ3n) is 4.54. The van der Waals surface area contributed by atoms with Crippen LogP contribution in [-0.2, 0) is 0 Å². The molecule has 1 saturated heterocycles. The van der Waals surface area contributed by atoms with Crippen LogP contribution in [0.5, 0.6) is 0 Å². The summed E-state index contributed by atoms with van der Waals surface area (Å²) in [5, 5.41) is 0. The Morgan fingerprint density at radius 1 is 1.00 bits per heavy atom. The van der Waals surface area contributed by atoms with Crippen molar-refractivity contribution in [1.29, 1.82) is 0 Å². The van der Waals surface area contributed by atoms with Crippen LogP contribution in [0, 0.1) is 0 Å². The molecule has 0 saturated carbocycles. The van der Waals surface area contributed by atoms with Crippen molar-refractivity contribution in [2.45, 2.75) is 0 Å². The first-order chi connectivity index (χ1) is 12.7. The third-order valence-corrected chi connectivity index (χ3v) is 4.54. The number of Topliss-reactive ketones (excluding diaryl/α,β-unsaturated/α-hetero) is 1. The molecular formula is C19H18N4O3. The lowest BCUT2D eigenvalue weighted by Gasteiger charge is -2.34. The van der Waals surface area contributed by atoms with E-state index in [1.165, 1.54) is 6.26 Å². The molecule has 1 aliphatic heterocycles. The Balaban J connectivity index is 1.37. The van der Waals surface area contributed by atoms with E-state index >= 15 is 0 Å². The molecule has 3 heterocycles. The van der Waals surface area contributed by atoms with Crippen LogP contribution in [0.15, 0.2) is 53.4 Å². The number of fused-ring (bicyclic) bond motifs is 1. The lowest BCUT2D eigenvalue weighted by atomic mass is 10.1. The molecule has 0 bridgehead atoms. The average molecular weight is 350 g/mol. The minimum absolute atomic E-state index is 0.0189. The minimum atomic E-state index is -0.0390. The Labute approximate surface area is 150 Å². The summed E-state index contributed by atoms with van der Waals surface area (Å²) in [7, 11) is 0. The normalized spacial score (nSPS) is 15.3. The van der Waals surface area contributed by atoms with Crippen LogP contribution in [0.1, 0.15) is 20.9 Å². The quantitative estimate of drug-likeness (QED) is 0.668. The number of amides is 1. The molecule has 1 amide bonds. The van der Waals surface area contributed by atoms with Gasteiger partial charge in [-0.05, 0) is 30.3 Å². The monoisotopic (exact) mass is 350 g/mol. The molecule has 2 aromatic heterocycles. The van der Waals surface area contributed by atoms with E-state index < -0.39 is 0 Å². The molecule has 1 aromatic carbocycles. The Hall–Kier alpha value is -3.06. The molecule has 0 radical (unpaired) electrons. The van der Waals surface area contributed by atoms with Crippen molar-refractivity contribution in [3.05, 3.63) is 60.3 Å². The van der Waals surface area contributed by atoms with Gasteiger partial charge >= 0.3 is 0 Å². The van der Waals surface area contributed by atoms with Gasteiger partial charge in [0.15, 0.2) is 5.76 Å². The van der Waals surface area contributed by atoms with E-state index in [-0.39, 0.29) is 11.7 Å². The molecular weight excluding hydrogens is 332 g/mol. The number of aromatic nitrogens is 2. The first-order valence-corrected chi connectivity index (χ1v) is 8.50. The largest absolute Gasteiger partial charge is 0.461 e. The number of piperazine rings is 1. The number of rotatable bonds is 4. The van der Waals surface area contributed by atoms with Crippen molar-refractivity contribution in [3.63, 3.8) is 0 Å². The summed E-state index contributed by atoms with van der Waals surface area (Å²) in [5.74, 6) is 0.318. The van der Waals surface area contributed by atoms with Crippen LogP contribution in [0.4, 0.5) is 0 Å². The van der Waals surface area contributed by atoms with Gasteiger partial charge < -0.3 is 9.32 Å². The Bertz CT molecular complexity index is 931. The highest BCUT2D eigenvalue weighted by atomic mass is 16.3. The molecule has 0 N–H and O–H groups in total. The number of hydrogen-bond acceptors (Lipinski definition) is 6. The van der Waals surface area contributed by atoms with Gasteiger partial charge in [-0.15, -0.1) is 0 Å². The van der Waals surface area contributed by atoms with Crippen molar-refractivity contribution in [3.8, 4) is 0 Å². The minimum Gasteiger partial charge on any atom is -0.461 e. The molecule has 3 aromatic rings. The number of nitrogens with zero attached hydrogens (tertiary/aromatic N) is 4. The summed E-state index contributed by atoms with van der Waals surface area (Å²) in [4.78, 5) is 37.2. The molecule has 4 rings (SSSR count). The van der Waals surface area contributed by atoms with E-state index in [2.05, 4.69) is 9.97 Å². The van der Waals surface area contributed by atoms with Crippen molar-refractivity contribution in [2.75, 3.05) is 32.7 Å². The summed E-state index contributed by atoms with van der Waals surface area (Å²) in [6.07, 6.45) is 4.75. The van der Waals surface area contributed by atoms with E-state index in [1.807, 2.05) is 15.9 Å². The first kappa shape index (κ1) is 16.4. The van der Waals surface area contributed by atoms with Gasteiger partial charge in [-0.2, -0.15) is 0 Å². The number of furan rings is 1. The molecule has 26 heavy (non-hydrogen) atoms. The highest BCUT2D eigenvalue weighted by Crippen LogP contribution is 2.14. The van der Waals surface area contributed by atoms with Gasteiger partial charge in [0.25, 0.3) is 5.91 Å². The molecule has 1 aliphatic rings. The second-order valence-electron chi connectivity index (χ2n) is 6.23. The van der Waals surface area contributed by atoms with Gasteiger partial charge in [0.1, 0.15) is 0 Å². The molecule has 7 heteroatoms. The number of carbonyl (C=O) groups excluding carboxylic acids is 2. The van der Waals surface area contributed by atoms with Gasteiger partial charge in [0.2, 0.25) is 5.78 Å². The van der Waals surface area contributed by atoms with E-state index in [4.69, 9.17) is 4.42 Å². The maximum Gasteiger partial charge on any atom is 0.254 e. The topological polar surface area (TPSA) is 79.5 Å². The highest BCUT2D eigenvalue weighted by Gasteiger charge is 2.24. The highest BCUT2D eigenvalue weighted by molar-refractivity contribution is 5.97. The number of hydrogen-bond donors (Lipinski definition) is 0. The lowest BCUT2D eigenvalue weighted by Crippen LogP contribution is -2.49. The Morgan fingerprint density at radius 2 is 1.77 bits per heavy atom. The predicted octanol–water partition coefficient (Wildman–Crippen LogP) is 1.86. The number of ketones is 1. The predicted molar refractivity (Wildman–Crippen MR) is 94.9 cm³/mol. The fraction of sp³-hybridized carbons (Fsp3) is 0.263. The standard InChI is InChI=1S/C19H18N4O3/c24-17(18-2-1-11-26-18)13-22-7-9-23(10-8-22)19(25)14-3-4-15-16(12-14)21-6-5-20-15/h1-6,11-12H,7-10,13H2. The van der Waals surface area contributed by atoms with Crippen LogP contribution >= 0.6 is 0 Å². The maximum absolute atomic E-state index is 12.7. The van der Waals surface area contributed by atoms with Crippen LogP contribution in [0.3, 0.4) is 0 Å². The summed E-state index contributed by atoms with van der Waals surface area (Å²) in [6, 6.07) is 8.75. The maximum atomic E-state index is 12.7. The van der Waals surface area contributed by atoms with E-state index in [0.29, 0.717) is 49.6 Å². The third kappa shape index (κ3) is 3.34. The van der Waals surface area contributed by atoms with Crippen LogP contribution in [0.25, 0.3) is 11.0 Å². The molecule has 1 fully saturated rings. The van der Waals surface area contributed by atoms with Crippen LogP contribution in [-0.4, -0.2) is 64.2 Å². The number of benzene rings is 1. The summed E-state index contributed by atoms with van der Waals surface area (Å²) in [5.41, 5.74) is 2.09. The van der Waals surface area contributed by atoms with Crippen molar-refractivity contribution < 1.29 is 14.0 Å². The molecule has 7 nitrogen and oxygen atoms in total. The van der Waals surface area contributed by atoms with E-state index in [9.17, 15) is 9.59 Å². The zero-order valence-corrected chi connectivity index (χ0v) is 14.2. The number of carbonyl (C=O) groups is 2. The van der Waals surface area contributed by atoms with Gasteiger partial charge in [-0.1, -0.05) is 0 Å².